The van der Waals surface area contributed by atoms with E-state index in [1.165, 1.54) is 18.7 Å². The van der Waals surface area contributed by atoms with Crippen LogP contribution in [0.4, 0.5) is 10.1 Å². The molecular weight excluding hydrogens is 267 g/mol. The fourth-order valence-electron chi connectivity index (χ4n) is 2.77. The molecule has 1 aromatic heterocycles. The summed E-state index contributed by atoms with van der Waals surface area (Å²) in [4.78, 5) is 4.51. The Morgan fingerprint density at radius 2 is 1.90 bits per heavy atom. The van der Waals surface area contributed by atoms with Crippen molar-refractivity contribution in [1.82, 2.24) is 4.98 Å². The van der Waals surface area contributed by atoms with Crippen LogP contribution >= 0.6 is 0 Å². The summed E-state index contributed by atoms with van der Waals surface area (Å²) in [5.41, 5.74) is 5.07. The summed E-state index contributed by atoms with van der Waals surface area (Å²) in [6.45, 7) is 8.11. The predicted octanol–water partition coefficient (Wildman–Crippen LogP) is 4.33. The molecule has 0 saturated carbocycles. The highest BCUT2D eigenvalue weighted by Crippen LogP contribution is 2.27. The number of anilines is 1. The Morgan fingerprint density at radius 3 is 2.48 bits per heavy atom. The summed E-state index contributed by atoms with van der Waals surface area (Å²) < 4.78 is 18.7. The molecule has 2 aromatic rings. The van der Waals surface area contributed by atoms with Crippen LogP contribution in [0.1, 0.15) is 35.5 Å². The minimum atomic E-state index is -0.370. The first-order valence-electron chi connectivity index (χ1n) is 6.97. The molecular formula is C17H21FN2O. The third-order valence-electron chi connectivity index (χ3n) is 3.55. The molecule has 0 aliphatic heterocycles. The van der Waals surface area contributed by atoms with Crippen LogP contribution in [0, 0.1) is 26.6 Å². The Bertz CT molecular complexity index is 632. The topological polar surface area (TPSA) is 34.1 Å². The molecule has 0 bridgehead atoms. The number of methoxy groups -OCH3 is 1. The van der Waals surface area contributed by atoms with Crippen molar-refractivity contribution in [2.24, 2.45) is 0 Å². The number of halogens is 1. The summed E-state index contributed by atoms with van der Waals surface area (Å²) in [6, 6.07) is 6.99. The number of aromatic nitrogens is 1. The van der Waals surface area contributed by atoms with Crippen LogP contribution in [0.3, 0.4) is 0 Å². The van der Waals surface area contributed by atoms with Crippen molar-refractivity contribution in [3.8, 4) is 5.75 Å². The van der Waals surface area contributed by atoms with Gasteiger partial charge in [0.15, 0.2) is 11.6 Å². The number of nitrogens with one attached hydrogen (secondary N) is 1. The summed E-state index contributed by atoms with van der Waals surface area (Å²) >= 11 is 0. The molecule has 1 heterocycles. The van der Waals surface area contributed by atoms with Gasteiger partial charge in [-0.2, -0.15) is 0 Å². The van der Waals surface area contributed by atoms with E-state index in [9.17, 15) is 4.39 Å². The van der Waals surface area contributed by atoms with Crippen LogP contribution in [-0.2, 0) is 0 Å². The lowest BCUT2D eigenvalue weighted by molar-refractivity contribution is 0.386. The summed E-state index contributed by atoms with van der Waals surface area (Å²) in [6.07, 6.45) is 0. The van der Waals surface area contributed by atoms with Crippen molar-refractivity contribution in [1.29, 1.82) is 0 Å². The number of aryl methyl sites for hydroxylation is 3. The van der Waals surface area contributed by atoms with Gasteiger partial charge in [-0.25, -0.2) is 4.39 Å². The molecule has 3 nitrogen and oxygen atoms in total. The van der Waals surface area contributed by atoms with Gasteiger partial charge < -0.3 is 10.1 Å². The van der Waals surface area contributed by atoms with Gasteiger partial charge in [0.2, 0.25) is 0 Å². The van der Waals surface area contributed by atoms with Gasteiger partial charge in [-0.15, -0.1) is 0 Å². The molecule has 4 heteroatoms. The second-order valence-corrected chi connectivity index (χ2v) is 5.29. The largest absolute Gasteiger partial charge is 0.494 e. The first-order chi connectivity index (χ1) is 9.92. The number of pyridine rings is 1. The Labute approximate surface area is 125 Å². The van der Waals surface area contributed by atoms with E-state index in [0.717, 1.165) is 22.6 Å². The van der Waals surface area contributed by atoms with Crippen LogP contribution < -0.4 is 10.1 Å². The fraction of sp³-hybridized carbons (Fsp3) is 0.353. The highest BCUT2D eigenvalue weighted by Gasteiger charge is 2.14. The van der Waals surface area contributed by atoms with E-state index in [-0.39, 0.29) is 17.6 Å². The molecule has 0 aliphatic carbocycles. The number of hydrogen-bond donors (Lipinski definition) is 1. The summed E-state index contributed by atoms with van der Waals surface area (Å²) in [5.74, 6) is -0.122. The smallest absolute Gasteiger partial charge is 0.167 e. The molecule has 0 spiro atoms. The van der Waals surface area contributed by atoms with Crippen LogP contribution in [0.5, 0.6) is 5.75 Å². The molecule has 0 fully saturated rings. The summed E-state index contributed by atoms with van der Waals surface area (Å²) in [7, 11) is 1.46. The van der Waals surface area contributed by atoms with Crippen molar-refractivity contribution in [2.75, 3.05) is 12.4 Å². The monoisotopic (exact) mass is 288 g/mol. The van der Waals surface area contributed by atoms with E-state index in [2.05, 4.69) is 30.2 Å². The molecule has 1 atom stereocenters. The van der Waals surface area contributed by atoms with Gasteiger partial charge in [0.05, 0.1) is 13.2 Å². The van der Waals surface area contributed by atoms with E-state index < -0.39 is 0 Å². The molecule has 1 aromatic carbocycles. The average Bonchev–Trinajstić information content (AvgIpc) is 2.37. The normalized spacial score (nSPS) is 12.1. The molecule has 2 rings (SSSR count). The molecule has 21 heavy (non-hydrogen) atoms. The molecule has 0 saturated heterocycles. The average molecular weight is 288 g/mol. The van der Waals surface area contributed by atoms with Gasteiger partial charge in [0.25, 0.3) is 0 Å². The minimum absolute atomic E-state index is 0.0471. The van der Waals surface area contributed by atoms with Crippen molar-refractivity contribution in [3.63, 3.8) is 0 Å². The van der Waals surface area contributed by atoms with Crippen LogP contribution in [0.2, 0.25) is 0 Å². The van der Waals surface area contributed by atoms with Crippen LogP contribution in [0.15, 0.2) is 24.3 Å². The second-order valence-electron chi connectivity index (χ2n) is 5.29. The maximum absolute atomic E-state index is 13.7. The lowest BCUT2D eigenvalue weighted by atomic mass is 10.00. The Kier molecular flexibility index (Phi) is 4.46. The Hall–Kier alpha value is -2.10. The van der Waals surface area contributed by atoms with Crippen molar-refractivity contribution in [2.45, 2.75) is 33.7 Å². The number of hydrogen-bond acceptors (Lipinski definition) is 3. The Balaban J connectivity index is 2.26. The predicted molar refractivity (Wildman–Crippen MR) is 83.4 cm³/mol. The van der Waals surface area contributed by atoms with Gasteiger partial charge in [-0.1, -0.05) is 0 Å². The second kappa shape index (κ2) is 6.12. The molecule has 0 radical (unpaired) electrons. The van der Waals surface area contributed by atoms with Gasteiger partial charge in [0.1, 0.15) is 0 Å². The molecule has 112 valence electrons. The maximum Gasteiger partial charge on any atom is 0.167 e. The zero-order valence-electron chi connectivity index (χ0n) is 13.1. The van der Waals surface area contributed by atoms with Gasteiger partial charge in [-0.05, 0) is 57.0 Å². The number of ether oxygens (including phenoxy) is 1. The van der Waals surface area contributed by atoms with Crippen molar-refractivity contribution >= 4 is 5.69 Å². The van der Waals surface area contributed by atoms with Gasteiger partial charge in [0, 0.05) is 23.1 Å². The fourth-order valence-corrected chi connectivity index (χ4v) is 2.77. The molecule has 1 unspecified atom stereocenters. The number of benzene rings is 1. The quantitative estimate of drug-likeness (QED) is 0.909. The van der Waals surface area contributed by atoms with E-state index in [1.807, 2.05) is 19.9 Å². The maximum atomic E-state index is 13.7. The standard InChI is InChI=1S/C17H21FN2O/c1-10-8-11(2)19-12(3)17(10)13(4)20-14-6-7-16(21-5)15(18)9-14/h6-9,13,20H,1-5H3. The first kappa shape index (κ1) is 15.3. The number of rotatable bonds is 4. The van der Waals surface area contributed by atoms with E-state index in [4.69, 9.17) is 4.74 Å². The van der Waals surface area contributed by atoms with E-state index in [0.29, 0.717) is 0 Å². The van der Waals surface area contributed by atoms with Crippen molar-refractivity contribution in [3.05, 3.63) is 52.6 Å². The summed E-state index contributed by atoms with van der Waals surface area (Å²) in [5, 5.41) is 3.32. The van der Waals surface area contributed by atoms with Crippen LogP contribution in [0.25, 0.3) is 0 Å². The van der Waals surface area contributed by atoms with Crippen molar-refractivity contribution < 1.29 is 9.13 Å². The highest BCUT2D eigenvalue weighted by atomic mass is 19.1. The van der Waals surface area contributed by atoms with Gasteiger partial charge in [-0.3, -0.25) is 4.98 Å². The molecule has 1 N–H and O–H groups in total. The molecule has 0 aliphatic rings. The highest BCUT2D eigenvalue weighted by molar-refractivity contribution is 5.50. The third kappa shape index (κ3) is 3.32. The molecule has 0 amide bonds. The number of nitrogens with zero attached hydrogens (tertiary/aromatic N) is 1. The minimum Gasteiger partial charge on any atom is -0.494 e. The lowest BCUT2D eigenvalue weighted by Gasteiger charge is -2.20. The zero-order valence-corrected chi connectivity index (χ0v) is 13.1. The van der Waals surface area contributed by atoms with Gasteiger partial charge >= 0.3 is 0 Å². The zero-order chi connectivity index (χ0) is 15.6. The Morgan fingerprint density at radius 1 is 1.19 bits per heavy atom. The third-order valence-corrected chi connectivity index (χ3v) is 3.55. The SMILES string of the molecule is COc1ccc(NC(C)c2c(C)cc(C)nc2C)cc1F. The van der Waals surface area contributed by atoms with E-state index >= 15 is 0 Å². The van der Waals surface area contributed by atoms with E-state index in [1.54, 1.807) is 6.07 Å². The van der Waals surface area contributed by atoms with Crippen LogP contribution in [-0.4, -0.2) is 12.1 Å². The first-order valence-corrected chi connectivity index (χ1v) is 6.97. The lowest BCUT2D eigenvalue weighted by Crippen LogP contribution is -2.11.